The molecule has 0 atom stereocenters. The number of aryl methyl sites for hydroxylation is 1. The van der Waals surface area contributed by atoms with Crippen LogP contribution in [-0.4, -0.2) is 48.2 Å². The standard InChI is InChI=1S/C24H29ClN2O5/c1-16-12-18(23(29)21(25)13-16)15-26-19-6-7-20(22(14-19)32-17(2)28)24(30)31-11-10-27-8-4-3-5-9-27/h6-7,12-14,26,29H,3-5,8-11,15H2,1-2H3. The number of nitrogens with one attached hydrogen (secondary N) is 1. The lowest BCUT2D eigenvalue weighted by Crippen LogP contribution is -2.33. The summed E-state index contributed by atoms with van der Waals surface area (Å²) in [5, 5.41) is 13.6. The number of phenolic OH excluding ortho intramolecular Hbond substituents is 1. The molecule has 0 unspecified atom stereocenters. The third-order valence-electron chi connectivity index (χ3n) is 5.31. The SMILES string of the molecule is CC(=O)Oc1cc(NCc2cc(C)cc(Cl)c2O)ccc1C(=O)OCCN1CCCCC1. The van der Waals surface area contributed by atoms with Gasteiger partial charge in [0.25, 0.3) is 0 Å². The normalized spacial score (nSPS) is 14.1. The molecule has 0 amide bonds. The second-order valence-electron chi connectivity index (χ2n) is 7.95. The number of nitrogens with zero attached hydrogens (tertiary/aromatic N) is 1. The molecular formula is C24H29ClN2O5. The van der Waals surface area contributed by atoms with E-state index in [1.807, 2.05) is 13.0 Å². The number of ether oxygens (including phenoxy) is 2. The summed E-state index contributed by atoms with van der Waals surface area (Å²) in [4.78, 5) is 26.4. The number of halogens is 1. The number of hydrogen-bond donors (Lipinski definition) is 2. The lowest BCUT2D eigenvalue weighted by Gasteiger charge is -2.25. The summed E-state index contributed by atoms with van der Waals surface area (Å²) in [6.45, 7) is 6.49. The number of aromatic hydroxyl groups is 1. The van der Waals surface area contributed by atoms with E-state index in [0.29, 0.717) is 24.3 Å². The van der Waals surface area contributed by atoms with Crippen molar-refractivity contribution in [2.24, 2.45) is 0 Å². The van der Waals surface area contributed by atoms with Crippen molar-refractivity contribution in [2.75, 3.05) is 31.6 Å². The van der Waals surface area contributed by atoms with E-state index in [9.17, 15) is 14.7 Å². The molecule has 7 nitrogen and oxygen atoms in total. The second kappa shape index (κ2) is 11.2. The molecule has 2 aromatic carbocycles. The van der Waals surface area contributed by atoms with E-state index in [4.69, 9.17) is 21.1 Å². The highest BCUT2D eigenvalue weighted by Gasteiger charge is 2.18. The zero-order valence-electron chi connectivity index (χ0n) is 18.4. The van der Waals surface area contributed by atoms with Crippen molar-refractivity contribution in [3.63, 3.8) is 0 Å². The Kier molecular flexibility index (Phi) is 8.36. The fourth-order valence-corrected chi connectivity index (χ4v) is 4.00. The molecule has 0 aliphatic carbocycles. The Morgan fingerprint density at radius 2 is 1.91 bits per heavy atom. The van der Waals surface area contributed by atoms with Gasteiger partial charge in [-0.15, -0.1) is 0 Å². The number of carbonyl (C=O) groups is 2. The largest absolute Gasteiger partial charge is 0.506 e. The molecule has 1 fully saturated rings. The lowest BCUT2D eigenvalue weighted by molar-refractivity contribution is -0.131. The number of hydrogen-bond acceptors (Lipinski definition) is 7. The van der Waals surface area contributed by atoms with Crippen molar-refractivity contribution in [3.8, 4) is 11.5 Å². The van der Waals surface area contributed by atoms with Gasteiger partial charge in [0, 0.05) is 37.3 Å². The molecule has 8 heteroatoms. The summed E-state index contributed by atoms with van der Waals surface area (Å²) < 4.78 is 10.7. The van der Waals surface area contributed by atoms with Crippen LogP contribution in [0.1, 0.15) is 47.7 Å². The molecule has 0 saturated carbocycles. The van der Waals surface area contributed by atoms with Crippen molar-refractivity contribution in [2.45, 2.75) is 39.7 Å². The van der Waals surface area contributed by atoms with Crippen LogP contribution in [0.4, 0.5) is 5.69 Å². The minimum atomic E-state index is -0.535. The van der Waals surface area contributed by atoms with Crippen molar-refractivity contribution in [1.82, 2.24) is 4.90 Å². The van der Waals surface area contributed by atoms with E-state index >= 15 is 0 Å². The highest BCUT2D eigenvalue weighted by Crippen LogP contribution is 2.30. The van der Waals surface area contributed by atoms with E-state index in [-0.39, 0.29) is 28.7 Å². The van der Waals surface area contributed by atoms with Crippen molar-refractivity contribution in [3.05, 3.63) is 52.0 Å². The monoisotopic (exact) mass is 460 g/mol. The molecule has 0 aromatic heterocycles. The summed E-state index contributed by atoms with van der Waals surface area (Å²) in [5.74, 6) is -0.934. The van der Waals surface area contributed by atoms with Crippen LogP contribution in [0.25, 0.3) is 0 Å². The number of anilines is 1. The van der Waals surface area contributed by atoms with E-state index in [1.165, 1.54) is 26.2 Å². The molecule has 0 spiro atoms. The van der Waals surface area contributed by atoms with Crippen LogP contribution in [0, 0.1) is 6.92 Å². The first kappa shape index (κ1) is 23.9. The third kappa shape index (κ3) is 6.61. The Balaban J connectivity index is 1.66. The fraction of sp³-hybridized carbons (Fsp3) is 0.417. The van der Waals surface area contributed by atoms with E-state index in [0.717, 1.165) is 18.7 Å². The van der Waals surface area contributed by atoms with E-state index < -0.39 is 11.9 Å². The molecule has 32 heavy (non-hydrogen) atoms. The average Bonchev–Trinajstić information content (AvgIpc) is 2.75. The molecule has 0 radical (unpaired) electrons. The summed E-state index contributed by atoms with van der Waals surface area (Å²) in [7, 11) is 0. The predicted molar refractivity (Wildman–Crippen MR) is 124 cm³/mol. The summed E-state index contributed by atoms with van der Waals surface area (Å²) in [6.07, 6.45) is 3.59. The molecule has 1 heterocycles. The molecule has 2 aromatic rings. The summed E-state index contributed by atoms with van der Waals surface area (Å²) in [6, 6.07) is 8.34. The fourth-order valence-electron chi connectivity index (χ4n) is 3.71. The van der Waals surface area contributed by atoms with Crippen molar-refractivity contribution >= 4 is 29.2 Å². The van der Waals surface area contributed by atoms with Gasteiger partial charge in [0.15, 0.2) is 0 Å². The van der Waals surface area contributed by atoms with Gasteiger partial charge in [0.2, 0.25) is 0 Å². The average molecular weight is 461 g/mol. The Morgan fingerprint density at radius 1 is 1.16 bits per heavy atom. The minimum absolute atomic E-state index is 0.0129. The van der Waals surface area contributed by atoms with E-state index in [2.05, 4.69) is 10.2 Å². The summed E-state index contributed by atoms with van der Waals surface area (Å²) >= 11 is 6.04. The molecule has 172 valence electrons. The number of carbonyl (C=O) groups excluding carboxylic acids is 2. The number of likely N-dealkylation sites (tertiary alicyclic amines) is 1. The maximum Gasteiger partial charge on any atom is 0.341 e. The van der Waals surface area contributed by atoms with Crippen LogP contribution >= 0.6 is 11.6 Å². The quantitative estimate of drug-likeness (QED) is 0.441. The number of phenols is 1. The molecule has 3 rings (SSSR count). The van der Waals surface area contributed by atoms with Crippen LogP contribution in [0.5, 0.6) is 11.5 Å². The highest BCUT2D eigenvalue weighted by atomic mass is 35.5. The van der Waals surface area contributed by atoms with Crippen LogP contribution in [0.2, 0.25) is 5.02 Å². The number of rotatable bonds is 8. The first-order valence-corrected chi connectivity index (χ1v) is 11.1. The number of piperidine rings is 1. The van der Waals surface area contributed by atoms with Gasteiger partial charge in [0.1, 0.15) is 23.7 Å². The van der Waals surface area contributed by atoms with Gasteiger partial charge in [-0.2, -0.15) is 0 Å². The van der Waals surface area contributed by atoms with E-state index in [1.54, 1.807) is 24.3 Å². The Bertz CT molecular complexity index is 973. The number of esters is 2. The van der Waals surface area contributed by atoms with Crippen molar-refractivity contribution < 1.29 is 24.2 Å². The number of benzene rings is 2. The van der Waals surface area contributed by atoms with Gasteiger partial charge in [0.05, 0.1) is 5.02 Å². The van der Waals surface area contributed by atoms with Crippen LogP contribution in [0.3, 0.4) is 0 Å². The van der Waals surface area contributed by atoms with Gasteiger partial charge in [-0.1, -0.05) is 24.1 Å². The van der Waals surface area contributed by atoms with Crippen LogP contribution in [0.15, 0.2) is 30.3 Å². The topological polar surface area (TPSA) is 88.1 Å². The van der Waals surface area contributed by atoms with Gasteiger partial charge in [-0.05, 0) is 56.6 Å². The highest BCUT2D eigenvalue weighted by molar-refractivity contribution is 6.32. The van der Waals surface area contributed by atoms with Gasteiger partial charge >= 0.3 is 11.9 Å². The minimum Gasteiger partial charge on any atom is -0.506 e. The van der Waals surface area contributed by atoms with Gasteiger partial charge in [-0.25, -0.2) is 4.79 Å². The first-order valence-electron chi connectivity index (χ1n) is 10.8. The maximum atomic E-state index is 12.6. The zero-order chi connectivity index (χ0) is 23.1. The van der Waals surface area contributed by atoms with Gasteiger partial charge < -0.3 is 19.9 Å². The molecular weight excluding hydrogens is 432 g/mol. The molecule has 0 bridgehead atoms. The molecule has 2 N–H and O–H groups in total. The van der Waals surface area contributed by atoms with Crippen molar-refractivity contribution in [1.29, 1.82) is 0 Å². The zero-order valence-corrected chi connectivity index (χ0v) is 19.2. The maximum absolute atomic E-state index is 12.6. The Labute approximate surface area is 193 Å². The smallest absolute Gasteiger partial charge is 0.341 e. The van der Waals surface area contributed by atoms with Crippen LogP contribution in [-0.2, 0) is 16.1 Å². The summed E-state index contributed by atoms with van der Waals surface area (Å²) in [5.41, 5.74) is 2.35. The second-order valence-corrected chi connectivity index (χ2v) is 8.36. The van der Waals surface area contributed by atoms with Gasteiger partial charge in [-0.3, -0.25) is 9.69 Å². The molecule has 1 saturated heterocycles. The molecule has 1 aliphatic rings. The Hall–Kier alpha value is -2.77. The predicted octanol–water partition coefficient (Wildman–Crippen LogP) is 4.53. The Morgan fingerprint density at radius 3 is 2.62 bits per heavy atom. The van der Waals surface area contributed by atoms with Crippen LogP contribution < -0.4 is 10.1 Å². The third-order valence-corrected chi connectivity index (χ3v) is 5.60. The first-order chi connectivity index (χ1) is 15.3. The lowest BCUT2D eigenvalue weighted by atomic mass is 10.1. The molecule has 1 aliphatic heterocycles.